The minimum atomic E-state index is 0.0814. The standard InChI is InChI=1S/C16H22N6O/c1-19-6-4-17-14(19)10-21-5-3-16(11-21)7-15(23)22(12-16)13-8-18-20(2)9-13/h4,6,8-9H,3,5,7,10-12H2,1-2H3. The van der Waals surface area contributed by atoms with Crippen molar-refractivity contribution >= 4 is 11.6 Å². The molecule has 1 atom stereocenters. The van der Waals surface area contributed by atoms with E-state index in [1.54, 1.807) is 10.9 Å². The molecular formula is C16H22N6O. The molecule has 4 rings (SSSR count). The van der Waals surface area contributed by atoms with Crippen molar-refractivity contribution in [3.63, 3.8) is 0 Å². The molecule has 2 fully saturated rings. The molecule has 1 spiro atoms. The van der Waals surface area contributed by atoms with Crippen LogP contribution in [-0.4, -0.2) is 49.8 Å². The molecular weight excluding hydrogens is 292 g/mol. The van der Waals surface area contributed by atoms with Crippen molar-refractivity contribution in [1.29, 1.82) is 0 Å². The number of likely N-dealkylation sites (tertiary alicyclic amines) is 1. The number of aromatic nitrogens is 4. The Labute approximate surface area is 135 Å². The van der Waals surface area contributed by atoms with E-state index in [1.165, 1.54) is 0 Å². The number of rotatable bonds is 3. The van der Waals surface area contributed by atoms with Gasteiger partial charge in [0.05, 0.1) is 18.4 Å². The lowest BCUT2D eigenvalue weighted by molar-refractivity contribution is -0.117. The average Bonchev–Trinajstić information content (AvgIpc) is 3.24. The van der Waals surface area contributed by atoms with Gasteiger partial charge in [-0.05, 0) is 13.0 Å². The fraction of sp³-hybridized carbons (Fsp3) is 0.562. The maximum Gasteiger partial charge on any atom is 0.227 e. The highest BCUT2D eigenvalue weighted by molar-refractivity contribution is 5.96. The number of hydrogen-bond acceptors (Lipinski definition) is 4. The lowest BCUT2D eigenvalue weighted by atomic mass is 9.86. The molecule has 7 heteroatoms. The summed E-state index contributed by atoms with van der Waals surface area (Å²) in [5, 5.41) is 4.19. The largest absolute Gasteiger partial charge is 0.337 e. The molecule has 1 unspecified atom stereocenters. The van der Waals surface area contributed by atoms with Crippen LogP contribution in [0, 0.1) is 5.41 Å². The number of anilines is 1. The van der Waals surface area contributed by atoms with E-state index in [-0.39, 0.29) is 11.3 Å². The topological polar surface area (TPSA) is 59.2 Å². The third kappa shape index (κ3) is 2.55. The summed E-state index contributed by atoms with van der Waals surface area (Å²) in [6, 6.07) is 0. The van der Waals surface area contributed by atoms with Crippen LogP contribution >= 0.6 is 0 Å². The molecule has 7 nitrogen and oxygen atoms in total. The van der Waals surface area contributed by atoms with Crippen LogP contribution in [0.25, 0.3) is 0 Å². The molecule has 0 N–H and O–H groups in total. The number of hydrogen-bond donors (Lipinski definition) is 0. The van der Waals surface area contributed by atoms with E-state index < -0.39 is 0 Å². The molecule has 2 saturated heterocycles. The van der Waals surface area contributed by atoms with Gasteiger partial charge in [-0.3, -0.25) is 14.4 Å². The highest BCUT2D eigenvalue weighted by Gasteiger charge is 2.48. The van der Waals surface area contributed by atoms with Crippen molar-refractivity contribution in [1.82, 2.24) is 24.2 Å². The summed E-state index contributed by atoms with van der Waals surface area (Å²) in [4.78, 5) is 21.2. The smallest absolute Gasteiger partial charge is 0.227 e. The second kappa shape index (κ2) is 5.19. The van der Waals surface area contributed by atoms with Gasteiger partial charge in [0.2, 0.25) is 5.91 Å². The predicted molar refractivity (Wildman–Crippen MR) is 85.7 cm³/mol. The van der Waals surface area contributed by atoms with E-state index >= 15 is 0 Å². The van der Waals surface area contributed by atoms with E-state index in [1.807, 2.05) is 37.6 Å². The highest BCUT2D eigenvalue weighted by Crippen LogP contribution is 2.42. The molecule has 0 radical (unpaired) electrons. The minimum absolute atomic E-state index is 0.0814. The van der Waals surface area contributed by atoms with Crippen LogP contribution in [-0.2, 0) is 25.4 Å². The molecule has 1 amide bonds. The molecule has 0 bridgehead atoms. The lowest BCUT2D eigenvalue weighted by Crippen LogP contribution is -2.31. The van der Waals surface area contributed by atoms with Gasteiger partial charge < -0.3 is 9.47 Å². The average molecular weight is 314 g/mol. The molecule has 2 aliphatic rings. The maximum atomic E-state index is 12.5. The molecule has 0 saturated carbocycles. The second-order valence-corrected chi connectivity index (χ2v) is 6.94. The van der Waals surface area contributed by atoms with Crippen LogP contribution < -0.4 is 4.90 Å². The number of imidazole rings is 1. The zero-order valence-electron chi connectivity index (χ0n) is 13.6. The summed E-state index contributed by atoms with van der Waals surface area (Å²) in [6.07, 6.45) is 9.21. The summed E-state index contributed by atoms with van der Waals surface area (Å²) < 4.78 is 3.81. The van der Waals surface area contributed by atoms with Crippen LogP contribution in [0.3, 0.4) is 0 Å². The zero-order valence-corrected chi connectivity index (χ0v) is 13.6. The normalized spacial score (nSPS) is 25.1. The van der Waals surface area contributed by atoms with Gasteiger partial charge in [-0.2, -0.15) is 5.10 Å². The van der Waals surface area contributed by atoms with E-state index in [2.05, 4.69) is 19.5 Å². The summed E-state index contributed by atoms with van der Waals surface area (Å²) in [5.41, 5.74) is 0.995. The first kappa shape index (κ1) is 14.4. The van der Waals surface area contributed by atoms with Gasteiger partial charge in [0.25, 0.3) is 0 Å². The number of aryl methyl sites for hydroxylation is 2. The summed E-state index contributed by atoms with van der Waals surface area (Å²) in [6.45, 7) is 3.64. The molecule has 2 aromatic heterocycles. The van der Waals surface area contributed by atoms with E-state index in [0.717, 1.165) is 44.1 Å². The van der Waals surface area contributed by atoms with E-state index in [0.29, 0.717) is 6.42 Å². The first-order valence-corrected chi connectivity index (χ1v) is 8.02. The summed E-state index contributed by atoms with van der Waals surface area (Å²) >= 11 is 0. The Morgan fingerprint density at radius 2 is 2.17 bits per heavy atom. The summed E-state index contributed by atoms with van der Waals surface area (Å²) in [5.74, 6) is 1.30. The third-order valence-electron chi connectivity index (χ3n) is 5.13. The van der Waals surface area contributed by atoms with Gasteiger partial charge in [-0.15, -0.1) is 0 Å². The highest BCUT2D eigenvalue weighted by atomic mass is 16.2. The maximum absolute atomic E-state index is 12.5. The van der Waals surface area contributed by atoms with Crippen molar-refractivity contribution in [2.75, 3.05) is 24.5 Å². The predicted octanol–water partition coefficient (Wildman–Crippen LogP) is 0.783. The van der Waals surface area contributed by atoms with Gasteiger partial charge in [0, 0.05) is 57.6 Å². The van der Waals surface area contributed by atoms with Gasteiger partial charge >= 0.3 is 0 Å². The molecule has 122 valence electrons. The Bertz CT molecular complexity index is 735. The van der Waals surface area contributed by atoms with Crippen molar-refractivity contribution in [2.45, 2.75) is 19.4 Å². The Hall–Kier alpha value is -2.15. The lowest BCUT2D eigenvalue weighted by Gasteiger charge is -2.23. The van der Waals surface area contributed by atoms with Crippen molar-refractivity contribution in [3.05, 3.63) is 30.6 Å². The molecule has 2 aromatic rings. The van der Waals surface area contributed by atoms with Crippen molar-refractivity contribution in [3.8, 4) is 0 Å². The van der Waals surface area contributed by atoms with Gasteiger partial charge in [-0.1, -0.05) is 0 Å². The SMILES string of the molecule is Cn1cc(N2CC3(CCN(Cc4nccn4C)C3)CC2=O)cn1. The van der Waals surface area contributed by atoms with Crippen molar-refractivity contribution < 1.29 is 4.79 Å². The van der Waals surface area contributed by atoms with Gasteiger partial charge in [0.1, 0.15) is 5.82 Å². The Morgan fingerprint density at radius 1 is 1.30 bits per heavy atom. The second-order valence-electron chi connectivity index (χ2n) is 6.94. The zero-order chi connectivity index (χ0) is 16.0. The first-order chi connectivity index (χ1) is 11.0. The van der Waals surface area contributed by atoms with Crippen LogP contribution in [0.2, 0.25) is 0 Å². The Kier molecular flexibility index (Phi) is 3.26. The molecule has 23 heavy (non-hydrogen) atoms. The van der Waals surface area contributed by atoms with Gasteiger partial charge in [-0.25, -0.2) is 4.98 Å². The minimum Gasteiger partial charge on any atom is -0.337 e. The Balaban J connectivity index is 1.46. The Morgan fingerprint density at radius 3 is 2.87 bits per heavy atom. The first-order valence-electron chi connectivity index (χ1n) is 8.02. The number of nitrogens with zero attached hydrogens (tertiary/aromatic N) is 6. The van der Waals surface area contributed by atoms with E-state index in [9.17, 15) is 4.79 Å². The molecule has 0 aromatic carbocycles. The summed E-state index contributed by atoms with van der Waals surface area (Å²) in [7, 11) is 3.90. The number of amides is 1. The third-order valence-corrected chi connectivity index (χ3v) is 5.13. The van der Waals surface area contributed by atoms with Crippen molar-refractivity contribution in [2.24, 2.45) is 19.5 Å². The number of carbonyl (C=O) groups is 1. The number of carbonyl (C=O) groups excluding carboxylic acids is 1. The fourth-order valence-corrected chi connectivity index (χ4v) is 3.86. The van der Waals surface area contributed by atoms with Crippen LogP contribution in [0.4, 0.5) is 5.69 Å². The molecule has 2 aliphatic heterocycles. The fourth-order valence-electron chi connectivity index (χ4n) is 3.86. The van der Waals surface area contributed by atoms with Crippen LogP contribution in [0.15, 0.2) is 24.8 Å². The van der Waals surface area contributed by atoms with Gasteiger partial charge in [0.15, 0.2) is 0 Å². The monoisotopic (exact) mass is 314 g/mol. The van der Waals surface area contributed by atoms with Crippen LogP contribution in [0.5, 0.6) is 0 Å². The molecule has 4 heterocycles. The quantitative estimate of drug-likeness (QED) is 0.840. The van der Waals surface area contributed by atoms with E-state index in [4.69, 9.17) is 0 Å². The van der Waals surface area contributed by atoms with Crippen LogP contribution in [0.1, 0.15) is 18.7 Å². The molecule has 0 aliphatic carbocycles.